The van der Waals surface area contributed by atoms with Gasteiger partial charge >= 0.3 is 6.18 Å². The summed E-state index contributed by atoms with van der Waals surface area (Å²) in [5, 5.41) is 10.2. The van der Waals surface area contributed by atoms with Gasteiger partial charge in [-0.2, -0.15) is 13.2 Å². The van der Waals surface area contributed by atoms with Crippen molar-refractivity contribution in [3.05, 3.63) is 5.82 Å². The van der Waals surface area contributed by atoms with E-state index < -0.39 is 18.6 Å². The summed E-state index contributed by atoms with van der Waals surface area (Å²) in [6.45, 7) is 1.39. The molecule has 80 valence electrons. The molecular formula is C6H8ClF3N4. The summed E-state index contributed by atoms with van der Waals surface area (Å²) in [7, 11) is 0. The maximum absolute atomic E-state index is 12.0. The minimum Gasteiger partial charge on any atom is -0.225 e. The Hall–Kier alpha value is -0.850. The Labute approximate surface area is 83.0 Å². The molecule has 1 aromatic rings. The fourth-order valence-electron chi connectivity index (χ4n) is 1.06. The van der Waals surface area contributed by atoms with E-state index in [4.69, 9.17) is 11.6 Å². The number of hydrogen-bond acceptors (Lipinski definition) is 3. The molecular weight excluding hydrogens is 221 g/mol. The lowest BCUT2D eigenvalue weighted by molar-refractivity contribution is -0.142. The van der Waals surface area contributed by atoms with Gasteiger partial charge in [-0.1, -0.05) is 0 Å². The van der Waals surface area contributed by atoms with Crippen molar-refractivity contribution in [2.75, 3.05) is 0 Å². The van der Waals surface area contributed by atoms with Crippen molar-refractivity contribution in [2.24, 2.45) is 0 Å². The lowest BCUT2D eigenvalue weighted by atomic mass is 10.2. The van der Waals surface area contributed by atoms with E-state index in [0.717, 1.165) is 4.68 Å². The highest BCUT2D eigenvalue weighted by atomic mass is 35.5. The van der Waals surface area contributed by atoms with Gasteiger partial charge in [0.15, 0.2) is 5.82 Å². The molecule has 0 bridgehead atoms. The van der Waals surface area contributed by atoms with Crippen molar-refractivity contribution >= 4 is 11.6 Å². The standard InChI is InChI=1S/C6H8ClF3N4/c1-4(2-6(8,9)10)14-5(3-7)11-12-13-14/h4H,2-3H2,1H3. The Balaban J connectivity index is 2.74. The van der Waals surface area contributed by atoms with E-state index >= 15 is 0 Å². The largest absolute Gasteiger partial charge is 0.391 e. The van der Waals surface area contributed by atoms with E-state index in [0.29, 0.717) is 0 Å². The van der Waals surface area contributed by atoms with Crippen LogP contribution in [0.4, 0.5) is 13.2 Å². The number of nitrogens with zero attached hydrogens (tertiary/aromatic N) is 4. The molecule has 0 aliphatic heterocycles. The molecule has 0 spiro atoms. The number of rotatable bonds is 3. The second kappa shape index (κ2) is 4.12. The average molecular weight is 229 g/mol. The van der Waals surface area contributed by atoms with Crippen molar-refractivity contribution in [3.8, 4) is 0 Å². The smallest absolute Gasteiger partial charge is 0.225 e. The van der Waals surface area contributed by atoms with Gasteiger partial charge < -0.3 is 0 Å². The predicted molar refractivity (Wildman–Crippen MR) is 42.8 cm³/mol. The molecule has 0 saturated carbocycles. The molecule has 14 heavy (non-hydrogen) atoms. The molecule has 4 nitrogen and oxygen atoms in total. The Morgan fingerprint density at radius 1 is 1.50 bits per heavy atom. The molecule has 1 rings (SSSR count). The zero-order chi connectivity index (χ0) is 10.8. The summed E-state index contributed by atoms with van der Waals surface area (Å²) in [5.74, 6) is 0.235. The van der Waals surface area contributed by atoms with Crippen LogP contribution < -0.4 is 0 Å². The zero-order valence-electron chi connectivity index (χ0n) is 7.29. The highest BCUT2D eigenvalue weighted by Crippen LogP contribution is 2.27. The van der Waals surface area contributed by atoms with Crippen molar-refractivity contribution in [3.63, 3.8) is 0 Å². The van der Waals surface area contributed by atoms with Gasteiger partial charge in [-0.15, -0.1) is 16.7 Å². The zero-order valence-corrected chi connectivity index (χ0v) is 8.05. The molecule has 0 radical (unpaired) electrons. The molecule has 1 unspecified atom stereocenters. The SMILES string of the molecule is CC(CC(F)(F)F)n1nnnc1CCl. The normalized spacial score (nSPS) is 14.4. The van der Waals surface area contributed by atoms with E-state index in [1.807, 2.05) is 0 Å². The van der Waals surface area contributed by atoms with Crippen LogP contribution in [0, 0.1) is 0 Å². The van der Waals surface area contributed by atoms with E-state index in [2.05, 4.69) is 15.5 Å². The molecule has 0 aromatic carbocycles. The maximum atomic E-state index is 12.0. The topological polar surface area (TPSA) is 43.6 Å². The highest BCUT2D eigenvalue weighted by molar-refractivity contribution is 6.16. The molecule has 8 heteroatoms. The second-order valence-corrected chi connectivity index (χ2v) is 3.11. The van der Waals surface area contributed by atoms with Crippen molar-refractivity contribution in [2.45, 2.75) is 31.4 Å². The van der Waals surface area contributed by atoms with Crippen LogP contribution in [0.3, 0.4) is 0 Å². The summed E-state index contributed by atoms with van der Waals surface area (Å²) in [6.07, 6.45) is -5.20. The molecule has 0 aliphatic carbocycles. The van der Waals surface area contributed by atoms with Crippen LogP contribution in [0.15, 0.2) is 0 Å². The highest BCUT2D eigenvalue weighted by Gasteiger charge is 2.31. The minimum absolute atomic E-state index is 0.00476. The predicted octanol–water partition coefficient (Wildman–Crippen LogP) is 1.93. The van der Waals surface area contributed by atoms with Gasteiger partial charge in [0.25, 0.3) is 0 Å². The Morgan fingerprint density at radius 3 is 2.64 bits per heavy atom. The maximum Gasteiger partial charge on any atom is 0.391 e. The van der Waals surface area contributed by atoms with Crippen LogP contribution in [-0.2, 0) is 5.88 Å². The molecule has 0 aliphatic rings. The van der Waals surface area contributed by atoms with Gasteiger partial charge in [0.2, 0.25) is 0 Å². The van der Waals surface area contributed by atoms with Crippen LogP contribution in [0.2, 0.25) is 0 Å². The summed E-state index contributed by atoms with van der Waals surface area (Å²) in [5.41, 5.74) is 0. The average Bonchev–Trinajstić information content (AvgIpc) is 2.47. The van der Waals surface area contributed by atoms with E-state index in [1.165, 1.54) is 6.92 Å². The summed E-state index contributed by atoms with van der Waals surface area (Å²) in [6, 6.07) is -0.834. The number of aromatic nitrogens is 4. The van der Waals surface area contributed by atoms with Crippen molar-refractivity contribution < 1.29 is 13.2 Å². The summed E-state index contributed by atoms with van der Waals surface area (Å²) >= 11 is 5.44. The Morgan fingerprint density at radius 2 is 2.14 bits per heavy atom. The number of tetrazole rings is 1. The van der Waals surface area contributed by atoms with Gasteiger partial charge in [-0.25, -0.2) is 4.68 Å². The Kier molecular flexibility index (Phi) is 3.30. The van der Waals surface area contributed by atoms with Gasteiger partial charge in [0.1, 0.15) is 0 Å². The number of halogens is 4. The quantitative estimate of drug-likeness (QED) is 0.743. The molecule has 0 N–H and O–H groups in total. The van der Waals surface area contributed by atoms with Crippen LogP contribution in [-0.4, -0.2) is 26.4 Å². The van der Waals surface area contributed by atoms with Gasteiger partial charge in [-0.3, -0.25) is 0 Å². The second-order valence-electron chi connectivity index (χ2n) is 2.84. The van der Waals surface area contributed by atoms with Crippen LogP contribution in [0.25, 0.3) is 0 Å². The molecule has 0 amide bonds. The number of alkyl halides is 4. The van der Waals surface area contributed by atoms with E-state index in [9.17, 15) is 13.2 Å². The molecule has 1 heterocycles. The van der Waals surface area contributed by atoms with E-state index in [-0.39, 0.29) is 11.7 Å². The molecule has 1 aromatic heterocycles. The lowest BCUT2D eigenvalue weighted by Crippen LogP contribution is -2.19. The van der Waals surface area contributed by atoms with Crippen LogP contribution in [0.5, 0.6) is 0 Å². The van der Waals surface area contributed by atoms with Gasteiger partial charge in [-0.05, 0) is 17.4 Å². The van der Waals surface area contributed by atoms with Gasteiger partial charge in [0.05, 0.1) is 18.3 Å². The number of hydrogen-bond donors (Lipinski definition) is 0. The first kappa shape index (κ1) is 11.2. The first-order valence-corrected chi connectivity index (χ1v) is 4.37. The van der Waals surface area contributed by atoms with E-state index in [1.54, 1.807) is 0 Å². The monoisotopic (exact) mass is 228 g/mol. The van der Waals surface area contributed by atoms with Crippen molar-refractivity contribution in [1.29, 1.82) is 0 Å². The lowest BCUT2D eigenvalue weighted by Gasteiger charge is -2.14. The Bertz CT molecular complexity index is 298. The fourth-order valence-corrected chi connectivity index (χ4v) is 1.24. The third kappa shape index (κ3) is 2.83. The van der Waals surface area contributed by atoms with Gasteiger partial charge in [0, 0.05) is 0 Å². The first-order chi connectivity index (χ1) is 6.44. The van der Waals surface area contributed by atoms with Crippen LogP contribution in [0.1, 0.15) is 25.2 Å². The fraction of sp³-hybridized carbons (Fsp3) is 0.833. The van der Waals surface area contributed by atoms with Crippen molar-refractivity contribution in [1.82, 2.24) is 20.2 Å². The van der Waals surface area contributed by atoms with Crippen LogP contribution >= 0.6 is 11.6 Å². The molecule has 1 atom stereocenters. The minimum atomic E-state index is -4.23. The molecule has 0 saturated heterocycles. The molecule has 0 fully saturated rings. The third-order valence-corrected chi connectivity index (χ3v) is 1.86. The first-order valence-electron chi connectivity index (χ1n) is 3.83. The summed E-state index contributed by atoms with van der Waals surface area (Å²) < 4.78 is 37.1. The third-order valence-electron chi connectivity index (χ3n) is 1.62. The summed E-state index contributed by atoms with van der Waals surface area (Å²) in [4.78, 5) is 0.